The second-order valence-electron chi connectivity index (χ2n) is 9.58. The Balaban J connectivity index is 1.72. The number of hydrogen-bond acceptors (Lipinski definition) is 7. The SMILES string of the molecule is COc1ccc(OC)c([C@H]2[C@H]3CCCC[C@@]3(O)CCN2C(=O)/C=C/c2cc(OC)c(OC)c(OC)c2)c1. The molecule has 0 radical (unpaired) electrons. The number of likely N-dealkylation sites (tertiary alicyclic amines) is 1. The van der Waals surface area contributed by atoms with Crippen LogP contribution in [-0.2, 0) is 4.79 Å². The summed E-state index contributed by atoms with van der Waals surface area (Å²) in [5.41, 5.74) is 0.778. The van der Waals surface area contributed by atoms with Crippen molar-refractivity contribution in [3.8, 4) is 28.7 Å². The van der Waals surface area contributed by atoms with E-state index in [2.05, 4.69) is 0 Å². The van der Waals surface area contributed by atoms with Gasteiger partial charge < -0.3 is 33.7 Å². The average molecular weight is 512 g/mol. The Bertz CT molecular complexity index is 1120. The molecule has 8 nitrogen and oxygen atoms in total. The molecule has 2 fully saturated rings. The molecule has 0 bridgehead atoms. The van der Waals surface area contributed by atoms with Crippen molar-refractivity contribution in [3.63, 3.8) is 0 Å². The van der Waals surface area contributed by atoms with E-state index in [1.165, 1.54) is 0 Å². The first-order valence-electron chi connectivity index (χ1n) is 12.6. The summed E-state index contributed by atoms with van der Waals surface area (Å²) in [5.74, 6) is 2.63. The number of aliphatic hydroxyl groups is 1. The maximum Gasteiger partial charge on any atom is 0.247 e. The Labute approximate surface area is 218 Å². The minimum Gasteiger partial charge on any atom is -0.497 e. The molecule has 2 aromatic carbocycles. The second-order valence-corrected chi connectivity index (χ2v) is 9.58. The molecule has 0 aromatic heterocycles. The second kappa shape index (κ2) is 11.3. The topological polar surface area (TPSA) is 86.7 Å². The molecular formula is C29H37NO7. The third-order valence-corrected chi connectivity index (χ3v) is 7.71. The van der Waals surface area contributed by atoms with Gasteiger partial charge in [-0.15, -0.1) is 0 Å². The molecule has 1 amide bonds. The lowest BCUT2D eigenvalue weighted by Gasteiger charge is -2.52. The van der Waals surface area contributed by atoms with Crippen LogP contribution in [0.25, 0.3) is 6.08 Å². The van der Waals surface area contributed by atoms with E-state index >= 15 is 0 Å². The third kappa shape index (κ3) is 5.21. The first kappa shape index (κ1) is 26.7. The van der Waals surface area contributed by atoms with Crippen molar-refractivity contribution in [1.29, 1.82) is 0 Å². The first-order valence-corrected chi connectivity index (χ1v) is 12.6. The summed E-state index contributed by atoms with van der Waals surface area (Å²) in [4.78, 5) is 15.6. The number of fused-ring (bicyclic) bond motifs is 1. The van der Waals surface area contributed by atoms with Crippen LogP contribution in [0.4, 0.5) is 0 Å². The number of rotatable bonds is 8. The Morgan fingerprint density at radius 1 is 0.919 bits per heavy atom. The molecule has 1 saturated heterocycles. The quantitative estimate of drug-likeness (QED) is 0.517. The predicted octanol–water partition coefficient (Wildman–Crippen LogP) is 4.64. The summed E-state index contributed by atoms with van der Waals surface area (Å²) in [6.07, 6.45) is 7.43. The average Bonchev–Trinajstić information content (AvgIpc) is 2.93. The van der Waals surface area contributed by atoms with E-state index in [1.807, 2.05) is 23.1 Å². The summed E-state index contributed by atoms with van der Waals surface area (Å²) in [6, 6.07) is 8.87. The van der Waals surface area contributed by atoms with Gasteiger partial charge in [0.05, 0.1) is 47.2 Å². The summed E-state index contributed by atoms with van der Waals surface area (Å²) in [5, 5.41) is 11.6. The Kier molecular flexibility index (Phi) is 8.17. The lowest BCUT2D eigenvalue weighted by atomic mass is 9.66. The number of amides is 1. The number of hydrogen-bond donors (Lipinski definition) is 1. The van der Waals surface area contributed by atoms with Gasteiger partial charge in [0, 0.05) is 24.1 Å². The smallest absolute Gasteiger partial charge is 0.247 e. The minimum absolute atomic E-state index is 0.102. The zero-order valence-corrected chi connectivity index (χ0v) is 22.3. The van der Waals surface area contributed by atoms with Crippen LogP contribution in [0.15, 0.2) is 36.4 Å². The molecule has 1 aliphatic carbocycles. The summed E-state index contributed by atoms with van der Waals surface area (Å²) in [6.45, 7) is 0.441. The van der Waals surface area contributed by atoms with Crippen LogP contribution < -0.4 is 23.7 Å². The van der Waals surface area contributed by atoms with Crippen molar-refractivity contribution in [2.24, 2.45) is 5.92 Å². The van der Waals surface area contributed by atoms with Gasteiger partial charge in [-0.1, -0.05) is 12.8 Å². The molecule has 1 aliphatic heterocycles. The number of carbonyl (C=O) groups is 1. The fourth-order valence-corrected chi connectivity index (χ4v) is 5.85. The van der Waals surface area contributed by atoms with Crippen LogP contribution in [0.2, 0.25) is 0 Å². The van der Waals surface area contributed by atoms with Crippen molar-refractivity contribution in [3.05, 3.63) is 47.5 Å². The summed E-state index contributed by atoms with van der Waals surface area (Å²) in [7, 11) is 7.90. The molecule has 37 heavy (non-hydrogen) atoms. The van der Waals surface area contributed by atoms with E-state index in [9.17, 15) is 9.90 Å². The normalized spacial score (nSPS) is 23.4. The van der Waals surface area contributed by atoms with Gasteiger partial charge in [0.1, 0.15) is 11.5 Å². The van der Waals surface area contributed by atoms with Crippen LogP contribution in [0.3, 0.4) is 0 Å². The lowest BCUT2D eigenvalue weighted by Crippen LogP contribution is -2.56. The van der Waals surface area contributed by atoms with Crippen LogP contribution in [0.1, 0.15) is 49.3 Å². The van der Waals surface area contributed by atoms with E-state index in [0.29, 0.717) is 41.7 Å². The molecule has 1 saturated carbocycles. The summed E-state index contributed by atoms with van der Waals surface area (Å²) < 4.78 is 27.5. The molecule has 3 atom stereocenters. The minimum atomic E-state index is -0.811. The van der Waals surface area contributed by atoms with Gasteiger partial charge in [-0.3, -0.25) is 4.79 Å². The molecule has 1 heterocycles. The van der Waals surface area contributed by atoms with Crippen molar-refractivity contribution < 1.29 is 33.6 Å². The highest BCUT2D eigenvalue weighted by atomic mass is 16.5. The Morgan fingerprint density at radius 2 is 1.62 bits per heavy atom. The van der Waals surface area contributed by atoms with Crippen LogP contribution in [0.5, 0.6) is 28.7 Å². The number of ether oxygens (including phenoxy) is 5. The number of nitrogens with zero attached hydrogens (tertiary/aromatic N) is 1. The predicted molar refractivity (Wildman–Crippen MR) is 141 cm³/mol. The number of methoxy groups -OCH3 is 5. The lowest BCUT2D eigenvalue weighted by molar-refractivity contribution is -0.151. The molecule has 2 aromatic rings. The van der Waals surface area contributed by atoms with Gasteiger partial charge in [-0.05, 0) is 61.2 Å². The van der Waals surface area contributed by atoms with Crippen LogP contribution in [0, 0.1) is 5.92 Å². The van der Waals surface area contributed by atoms with E-state index in [0.717, 1.165) is 36.8 Å². The fourth-order valence-electron chi connectivity index (χ4n) is 5.85. The molecule has 0 unspecified atom stereocenters. The Morgan fingerprint density at radius 3 is 2.24 bits per heavy atom. The van der Waals surface area contributed by atoms with E-state index in [4.69, 9.17) is 23.7 Å². The standard InChI is InChI=1S/C29H37NO7/c1-33-20-10-11-23(34-2)21(18-20)27-22-8-6-7-13-29(22,32)14-15-30(27)26(31)12-9-19-16-24(35-3)28(37-5)25(17-19)36-4/h9-12,16-18,22,27,32H,6-8,13-15H2,1-5H3/b12-9+/t22-,27+,29-/m1/s1. The number of benzene rings is 2. The third-order valence-electron chi connectivity index (χ3n) is 7.71. The maximum absolute atomic E-state index is 13.7. The molecular weight excluding hydrogens is 474 g/mol. The largest absolute Gasteiger partial charge is 0.497 e. The Hall–Kier alpha value is -3.39. The highest BCUT2D eigenvalue weighted by Crippen LogP contribution is 2.51. The van der Waals surface area contributed by atoms with Crippen molar-refractivity contribution in [1.82, 2.24) is 4.90 Å². The molecule has 4 rings (SSSR count). The van der Waals surface area contributed by atoms with E-state index in [1.54, 1.807) is 59.8 Å². The van der Waals surface area contributed by atoms with Gasteiger partial charge in [0.15, 0.2) is 11.5 Å². The first-order chi connectivity index (χ1) is 17.9. The maximum atomic E-state index is 13.7. The number of carbonyl (C=O) groups excluding carboxylic acids is 1. The monoisotopic (exact) mass is 511 g/mol. The van der Waals surface area contributed by atoms with Crippen LogP contribution in [-0.4, -0.2) is 63.6 Å². The molecule has 2 aliphatic rings. The number of piperidine rings is 1. The molecule has 1 N–H and O–H groups in total. The van der Waals surface area contributed by atoms with Crippen molar-refractivity contribution in [2.75, 3.05) is 42.1 Å². The highest BCUT2D eigenvalue weighted by molar-refractivity contribution is 5.92. The van der Waals surface area contributed by atoms with Crippen molar-refractivity contribution >= 4 is 12.0 Å². The molecule has 8 heteroatoms. The van der Waals surface area contributed by atoms with Gasteiger partial charge in [0.25, 0.3) is 0 Å². The van der Waals surface area contributed by atoms with Gasteiger partial charge in [-0.25, -0.2) is 0 Å². The van der Waals surface area contributed by atoms with E-state index in [-0.39, 0.29) is 17.9 Å². The van der Waals surface area contributed by atoms with Crippen molar-refractivity contribution in [2.45, 2.75) is 43.7 Å². The zero-order valence-electron chi connectivity index (χ0n) is 22.3. The molecule has 0 spiro atoms. The summed E-state index contributed by atoms with van der Waals surface area (Å²) >= 11 is 0. The van der Waals surface area contributed by atoms with Gasteiger partial charge in [-0.2, -0.15) is 0 Å². The van der Waals surface area contributed by atoms with E-state index < -0.39 is 5.60 Å². The molecule has 200 valence electrons. The van der Waals surface area contributed by atoms with Gasteiger partial charge in [0.2, 0.25) is 11.7 Å². The van der Waals surface area contributed by atoms with Crippen LogP contribution >= 0.6 is 0 Å². The fraction of sp³-hybridized carbons (Fsp3) is 0.483. The highest BCUT2D eigenvalue weighted by Gasteiger charge is 2.50. The van der Waals surface area contributed by atoms with Gasteiger partial charge >= 0.3 is 0 Å². The zero-order chi connectivity index (χ0) is 26.6.